The number of amides is 1. The van der Waals surface area contributed by atoms with Gasteiger partial charge in [0.25, 0.3) is 11.6 Å². The first-order valence-electron chi connectivity index (χ1n) is 10.7. The molecule has 1 aromatic heterocycles. The summed E-state index contributed by atoms with van der Waals surface area (Å²) in [6, 6.07) is 13.3. The molecule has 1 unspecified atom stereocenters. The van der Waals surface area contributed by atoms with Crippen molar-refractivity contribution in [3.8, 4) is 17.1 Å². The molecule has 2 aliphatic heterocycles. The molecule has 0 fully saturated rings. The monoisotopic (exact) mass is 511 g/mol. The van der Waals surface area contributed by atoms with Crippen LogP contribution in [0.5, 0.6) is 5.88 Å². The minimum atomic E-state index is -1.46. The number of carbonyl (C=O) groups excluding carboxylic acids is 1. The molecule has 2 aliphatic rings. The van der Waals surface area contributed by atoms with Crippen molar-refractivity contribution in [3.05, 3.63) is 52.5 Å². The van der Waals surface area contributed by atoms with Gasteiger partial charge < -0.3 is 15.4 Å². The van der Waals surface area contributed by atoms with Crippen molar-refractivity contribution in [2.24, 2.45) is 0 Å². The van der Waals surface area contributed by atoms with E-state index in [0.717, 1.165) is 27.9 Å². The first-order valence-corrected chi connectivity index (χ1v) is 12.4. The SMILES string of the molecule is CCCCCCSc1nnc2c(n1)OC1(Nc3ccccc3-2)C(=O)Nc2ccc(Br)cc21. The average molecular weight is 512 g/mol. The Balaban J connectivity index is 1.57. The number of hydrogen-bond acceptors (Lipinski definition) is 7. The van der Waals surface area contributed by atoms with Crippen LogP contribution in [0.3, 0.4) is 0 Å². The molecule has 3 heterocycles. The van der Waals surface area contributed by atoms with E-state index in [1.807, 2.05) is 42.5 Å². The van der Waals surface area contributed by atoms with Crippen LogP contribution in [0.1, 0.15) is 38.2 Å². The van der Waals surface area contributed by atoms with Crippen LogP contribution >= 0.6 is 27.7 Å². The predicted octanol–water partition coefficient (Wildman–Crippen LogP) is 5.58. The number of hydrogen-bond donors (Lipinski definition) is 2. The van der Waals surface area contributed by atoms with Crippen molar-refractivity contribution in [1.29, 1.82) is 0 Å². The average Bonchev–Trinajstić information content (AvgIpc) is 2.96. The van der Waals surface area contributed by atoms with Crippen LogP contribution in [-0.4, -0.2) is 26.8 Å². The van der Waals surface area contributed by atoms with Crippen LogP contribution in [0.15, 0.2) is 52.1 Å². The molecule has 0 radical (unpaired) electrons. The third-order valence-electron chi connectivity index (χ3n) is 5.54. The maximum Gasteiger partial charge on any atom is 0.295 e. The van der Waals surface area contributed by atoms with E-state index in [0.29, 0.717) is 22.1 Å². The fraction of sp³-hybridized carbons (Fsp3) is 0.304. The fourth-order valence-electron chi connectivity index (χ4n) is 3.93. The zero-order chi connectivity index (χ0) is 22.1. The van der Waals surface area contributed by atoms with Gasteiger partial charge in [0.05, 0.1) is 11.3 Å². The number of anilines is 2. The smallest absolute Gasteiger partial charge is 0.295 e. The third kappa shape index (κ3) is 3.73. The second-order valence-corrected chi connectivity index (χ2v) is 9.73. The Morgan fingerprint density at radius 3 is 2.84 bits per heavy atom. The van der Waals surface area contributed by atoms with Gasteiger partial charge in [-0.3, -0.25) is 4.79 Å². The van der Waals surface area contributed by atoms with Crippen LogP contribution in [0.4, 0.5) is 11.4 Å². The highest BCUT2D eigenvalue weighted by atomic mass is 79.9. The van der Waals surface area contributed by atoms with E-state index in [2.05, 4.69) is 48.7 Å². The Kier molecular flexibility index (Phi) is 5.77. The zero-order valence-electron chi connectivity index (χ0n) is 17.5. The van der Waals surface area contributed by atoms with Gasteiger partial charge in [0.1, 0.15) is 0 Å². The van der Waals surface area contributed by atoms with E-state index in [1.54, 1.807) is 11.8 Å². The number of rotatable bonds is 6. The number of carbonyl (C=O) groups is 1. The third-order valence-corrected chi connectivity index (χ3v) is 6.95. The van der Waals surface area contributed by atoms with Gasteiger partial charge >= 0.3 is 0 Å². The van der Waals surface area contributed by atoms with Gasteiger partial charge in [-0.05, 0) is 30.7 Å². The normalized spacial score (nSPS) is 18.1. The Labute approximate surface area is 198 Å². The van der Waals surface area contributed by atoms with Crippen LogP contribution in [-0.2, 0) is 10.5 Å². The summed E-state index contributed by atoms with van der Waals surface area (Å²) in [5.41, 5.74) is 1.95. The molecule has 1 amide bonds. The lowest BCUT2D eigenvalue weighted by atomic mass is 10.0. The minimum absolute atomic E-state index is 0.288. The number of unbranched alkanes of at least 4 members (excludes halogenated alkanes) is 3. The maximum atomic E-state index is 13.3. The fourth-order valence-corrected chi connectivity index (χ4v) is 5.06. The molecular formula is C23H22BrN5O2S. The molecule has 0 bridgehead atoms. The maximum absolute atomic E-state index is 13.3. The Bertz CT molecular complexity index is 1190. The molecule has 0 aliphatic carbocycles. The molecule has 5 rings (SSSR count). The number of para-hydroxylation sites is 1. The predicted molar refractivity (Wildman–Crippen MR) is 129 cm³/mol. The lowest BCUT2D eigenvalue weighted by Crippen LogP contribution is -2.47. The quantitative estimate of drug-likeness (QED) is 0.329. The lowest BCUT2D eigenvalue weighted by Gasteiger charge is -2.28. The number of thioether (sulfide) groups is 1. The number of fused-ring (bicyclic) bond motifs is 5. The molecule has 164 valence electrons. The minimum Gasteiger partial charge on any atom is -0.435 e. The van der Waals surface area contributed by atoms with E-state index < -0.39 is 5.72 Å². The molecule has 0 saturated heterocycles. The summed E-state index contributed by atoms with van der Waals surface area (Å²) >= 11 is 5.07. The van der Waals surface area contributed by atoms with Gasteiger partial charge in [-0.1, -0.05) is 72.1 Å². The zero-order valence-corrected chi connectivity index (χ0v) is 19.9. The van der Waals surface area contributed by atoms with Crippen LogP contribution in [0, 0.1) is 0 Å². The van der Waals surface area contributed by atoms with Gasteiger partial charge in [-0.25, -0.2) is 0 Å². The molecule has 1 spiro atoms. The molecule has 9 heteroatoms. The standard InChI is InChI=1S/C23H22BrN5O2S/c1-2-3-4-7-12-32-22-26-20-19(28-29-22)15-8-5-6-9-17(15)27-23(31-20)16-13-14(24)10-11-18(16)25-21(23)30/h5-6,8-11,13,27H,2-4,7,12H2,1H3,(H,25,30). The number of ether oxygens (including phenoxy) is 1. The first kappa shape index (κ1) is 21.2. The number of aromatic nitrogens is 3. The van der Waals surface area contributed by atoms with E-state index in [-0.39, 0.29) is 11.8 Å². The molecule has 0 saturated carbocycles. The molecular weight excluding hydrogens is 490 g/mol. The summed E-state index contributed by atoms with van der Waals surface area (Å²) in [4.78, 5) is 17.9. The van der Waals surface area contributed by atoms with Crippen LogP contribution in [0.2, 0.25) is 0 Å². The number of benzene rings is 2. The van der Waals surface area contributed by atoms with Crippen molar-refractivity contribution in [2.45, 2.75) is 43.5 Å². The Hall–Kier alpha value is -2.65. The van der Waals surface area contributed by atoms with Crippen molar-refractivity contribution in [1.82, 2.24) is 15.2 Å². The van der Waals surface area contributed by atoms with Crippen LogP contribution in [0.25, 0.3) is 11.3 Å². The van der Waals surface area contributed by atoms with E-state index in [4.69, 9.17) is 4.74 Å². The largest absolute Gasteiger partial charge is 0.435 e. The molecule has 3 aromatic rings. The van der Waals surface area contributed by atoms with Crippen molar-refractivity contribution >= 4 is 45.0 Å². The highest BCUT2D eigenvalue weighted by Gasteiger charge is 2.52. The van der Waals surface area contributed by atoms with Gasteiger partial charge in [-0.2, -0.15) is 4.98 Å². The highest BCUT2D eigenvalue weighted by Crippen LogP contribution is 2.47. The molecule has 2 N–H and O–H groups in total. The summed E-state index contributed by atoms with van der Waals surface area (Å²) in [5, 5.41) is 15.6. The van der Waals surface area contributed by atoms with E-state index in [9.17, 15) is 4.79 Å². The topological polar surface area (TPSA) is 89.0 Å². The molecule has 7 nitrogen and oxygen atoms in total. The Morgan fingerprint density at radius 2 is 1.97 bits per heavy atom. The highest BCUT2D eigenvalue weighted by molar-refractivity contribution is 9.10. The summed E-state index contributed by atoms with van der Waals surface area (Å²) in [6.07, 6.45) is 4.70. The number of nitrogens with zero attached hydrogens (tertiary/aromatic N) is 3. The van der Waals surface area contributed by atoms with Crippen LogP contribution < -0.4 is 15.4 Å². The van der Waals surface area contributed by atoms with Crippen molar-refractivity contribution < 1.29 is 9.53 Å². The van der Waals surface area contributed by atoms with E-state index in [1.165, 1.54) is 19.3 Å². The van der Waals surface area contributed by atoms with Gasteiger partial charge in [0.2, 0.25) is 11.0 Å². The first-order chi connectivity index (χ1) is 15.6. The molecule has 2 aromatic carbocycles. The second-order valence-electron chi connectivity index (χ2n) is 7.76. The number of nitrogens with one attached hydrogen (secondary N) is 2. The molecule has 1 atom stereocenters. The molecule has 32 heavy (non-hydrogen) atoms. The van der Waals surface area contributed by atoms with Crippen molar-refractivity contribution in [3.63, 3.8) is 0 Å². The summed E-state index contributed by atoms with van der Waals surface area (Å²) < 4.78 is 7.24. The summed E-state index contributed by atoms with van der Waals surface area (Å²) in [5.74, 6) is 0.897. The van der Waals surface area contributed by atoms with E-state index >= 15 is 0 Å². The van der Waals surface area contributed by atoms with Crippen molar-refractivity contribution in [2.75, 3.05) is 16.4 Å². The summed E-state index contributed by atoms with van der Waals surface area (Å²) in [7, 11) is 0. The lowest BCUT2D eigenvalue weighted by molar-refractivity contribution is -0.128. The van der Waals surface area contributed by atoms with Gasteiger partial charge in [0, 0.05) is 21.5 Å². The Morgan fingerprint density at radius 1 is 1.09 bits per heavy atom. The van der Waals surface area contributed by atoms with Gasteiger partial charge in [0.15, 0.2) is 5.69 Å². The second kappa shape index (κ2) is 8.71. The number of halogens is 1. The van der Waals surface area contributed by atoms with Gasteiger partial charge in [-0.15, -0.1) is 10.2 Å². The summed E-state index contributed by atoms with van der Waals surface area (Å²) in [6.45, 7) is 2.20.